The van der Waals surface area contributed by atoms with Gasteiger partial charge in [-0.25, -0.2) is 11.3 Å². The number of nitrogens with two attached hydrogens (primary N) is 3. The smallest absolute Gasteiger partial charge is 0.232 e. The Hall–Kier alpha value is -2.27. The van der Waals surface area contributed by atoms with E-state index in [-0.39, 0.29) is 17.9 Å². The molecule has 0 unspecified atom stereocenters. The summed E-state index contributed by atoms with van der Waals surface area (Å²) < 4.78 is 0. The van der Waals surface area contributed by atoms with Gasteiger partial charge in [-0.3, -0.25) is 27.1 Å². The molecule has 0 aliphatic heterocycles. The minimum atomic E-state index is -0.182. The number of nitrogens with one attached hydrogen (secondary N) is 6. The lowest BCUT2D eigenvalue weighted by molar-refractivity contribution is 0.755. The summed E-state index contributed by atoms with van der Waals surface area (Å²) in [7, 11) is 1.61. The van der Waals surface area contributed by atoms with Crippen molar-refractivity contribution in [1.82, 2.24) is 27.1 Å². The first-order chi connectivity index (χ1) is 7.10. The van der Waals surface area contributed by atoms with Crippen LogP contribution in [0.15, 0.2) is 10.2 Å². The quantitative estimate of drug-likeness (QED) is 0.0961. The Bertz CT molecular complexity index is 253. The van der Waals surface area contributed by atoms with Crippen molar-refractivity contribution in [1.29, 1.82) is 5.41 Å². The van der Waals surface area contributed by atoms with Gasteiger partial charge in [-0.05, 0) is 0 Å². The Kier molecular flexibility index (Phi) is 6.08. The summed E-state index contributed by atoms with van der Waals surface area (Å²) >= 11 is 0. The van der Waals surface area contributed by atoms with Crippen LogP contribution in [0.3, 0.4) is 0 Å². The number of guanidine groups is 3. The number of hydrogen-bond donors (Lipinski definition) is 9. The number of nitrogens with zero attached hydrogens (tertiary/aromatic N) is 2. The molecule has 12 N–H and O–H groups in total. The van der Waals surface area contributed by atoms with E-state index in [1.165, 1.54) is 0 Å². The van der Waals surface area contributed by atoms with Crippen molar-refractivity contribution in [2.45, 2.75) is 0 Å². The first-order valence-corrected chi connectivity index (χ1v) is 3.76. The highest BCUT2D eigenvalue weighted by Crippen LogP contribution is 1.68. The van der Waals surface area contributed by atoms with Crippen molar-refractivity contribution in [3.05, 3.63) is 0 Å². The van der Waals surface area contributed by atoms with Gasteiger partial charge in [-0.15, -0.1) is 10.2 Å². The summed E-state index contributed by atoms with van der Waals surface area (Å²) in [6.45, 7) is 0. The third kappa shape index (κ3) is 6.85. The van der Waals surface area contributed by atoms with E-state index in [2.05, 4.69) is 31.9 Å². The fraction of sp³-hybridized carbons (Fsp3) is 0.250. The third-order valence-corrected chi connectivity index (χ3v) is 0.978. The van der Waals surface area contributed by atoms with Crippen molar-refractivity contribution in [2.24, 2.45) is 27.5 Å². The summed E-state index contributed by atoms with van der Waals surface area (Å²) in [6, 6.07) is 0. The van der Waals surface area contributed by atoms with E-state index < -0.39 is 0 Å². The van der Waals surface area contributed by atoms with E-state index in [0.717, 1.165) is 0 Å². The molecule has 0 fully saturated rings. The maximum Gasteiger partial charge on any atom is 0.232 e. The molecule has 11 nitrogen and oxygen atoms in total. The molecule has 0 rings (SSSR count). The first kappa shape index (κ1) is 12.7. The Labute approximate surface area is 86.0 Å². The maximum atomic E-state index is 7.01. The summed E-state index contributed by atoms with van der Waals surface area (Å²) in [5.74, 6) is 4.66. The molecular weight excluding hydrogens is 202 g/mol. The second-order valence-corrected chi connectivity index (χ2v) is 2.11. The standard InChI is InChI=1S/C4H15N11/c1-9-11-3(6)13-15-4(7)14-12-2(5)10-8/h9H,8H2,1H3,(H3,5,10,12)(H3,6,11,13)(H3,7,14,15). The van der Waals surface area contributed by atoms with Crippen LogP contribution in [0.1, 0.15) is 0 Å². The van der Waals surface area contributed by atoms with Gasteiger partial charge in [0, 0.05) is 7.05 Å². The molecule has 0 aromatic rings. The van der Waals surface area contributed by atoms with Gasteiger partial charge in [0.05, 0.1) is 0 Å². The van der Waals surface area contributed by atoms with Crippen LogP contribution in [0.5, 0.6) is 0 Å². The Morgan fingerprint density at radius 3 is 2.07 bits per heavy atom. The Morgan fingerprint density at radius 2 is 1.60 bits per heavy atom. The molecule has 0 bridgehead atoms. The molecule has 0 aliphatic carbocycles. The van der Waals surface area contributed by atoms with Gasteiger partial charge in [0.2, 0.25) is 17.9 Å². The van der Waals surface area contributed by atoms with Crippen LogP contribution in [-0.4, -0.2) is 24.9 Å². The molecular formula is C4H15N11. The number of rotatable bonds is 2. The van der Waals surface area contributed by atoms with Crippen LogP contribution in [-0.2, 0) is 0 Å². The lowest BCUT2D eigenvalue weighted by Crippen LogP contribution is -2.51. The van der Waals surface area contributed by atoms with Crippen LogP contribution in [0, 0.1) is 5.41 Å². The molecule has 11 heteroatoms. The molecule has 0 aliphatic rings. The van der Waals surface area contributed by atoms with E-state index >= 15 is 0 Å². The lowest BCUT2D eigenvalue weighted by Gasteiger charge is -2.07. The molecule has 0 heterocycles. The molecule has 0 amide bonds. The average Bonchev–Trinajstić information content (AvgIpc) is 2.23. The largest absolute Gasteiger partial charge is 0.367 e. The molecule has 0 aromatic heterocycles. The second kappa shape index (κ2) is 7.16. The van der Waals surface area contributed by atoms with Gasteiger partial charge in [-0.2, -0.15) is 0 Å². The second-order valence-electron chi connectivity index (χ2n) is 2.11. The lowest BCUT2D eigenvalue weighted by atomic mass is 11.0. The van der Waals surface area contributed by atoms with Gasteiger partial charge in [0.25, 0.3) is 0 Å². The van der Waals surface area contributed by atoms with Crippen molar-refractivity contribution in [3.8, 4) is 0 Å². The van der Waals surface area contributed by atoms with Crippen molar-refractivity contribution in [3.63, 3.8) is 0 Å². The summed E-state index contributed by atoms with van der Waals surface area (Å²) in [6.07, 6.45) is 0. The van der Waals surface area contributed by atoms with Crippen LogP contribution >= 0.6 is 0 Å². The van der Waals surface area contributed by atoms with Crippen molar-refractivity contribution >= 4 is 17.9 Å². The molecule has 0 saturated carbocycles. The van der Waals surface area contributed by atoms with E-state index in [1.54, 1.807) is 7.05 Å². The molecule has 0 saturated heterocycles. The first-order valence-electron chi connectivity index (χ1n) is 3.76. The van der Waals surface area contributed by atoms with Gasteiger partial charge in [0.15, 0.2) is 0 Å². The van der Waals surface area contributed by atoms with Gasteiger partial charge < -0.3 is 11.5 Å². The summed E-state index contributed by atoms with van der Waals surface area (Å²) in [5, 5.41) is 14.0. The SMILES string of the molecule is CNN/C(N)=N/N=C(\N)NNC(=N)NN. The van der Waals surface area contributed by atoms with Crippen LogP contribution in [0.4, 0.5) is 0 Å². The van der Waals surface area contributed by atoms with Crippen molar-refractivity contribution < 1.29 is 0 Å². The Morgan fingerprint density at radius 1 is 1.07 bits per heavy atom. The molecule has 0 radical (unpaired) electrons. The summed E-state index contributed by atoms with van der Waals surface area (Å²) in [4.78, 5) is 0. The molecule has 86 valence electrons. The van der Waals surface area contributed by atoms with E-state index in [4.69, 9.17) is 22.7 Å². The molecule has 0 atom stereocenters. The highest BCUT2D eigenvalue weighted by atomic mass is 15.5. The van der Waals surface area contributed by atoms with Crippen LogP contribution < -0.4 is 44.4 Å². The molecule has 0 aromatic carbocycles. The predicted octanol–water partition coefficient (Wildman–Crippen LogP) is -4.25. The van der Waals surface area contributed by atoms with E-state index in [1.807, 2.05) is 5.43 Å². The normalized spacial score (nSPS) is 11.9. The van der Waals surface area contributed by atoms with E-state index in [0.29, 0.717) is 0 Å². The fourth-order valence-corrected chi connectivity index (χ4v) is 0.448. The highest BCUT2D eigenvalue weighted by Gasteiger charge is 1.92. The highest BCUT2D eigenvalue weighted by molar-refractivity contribution is 5.84. The van der Waals surface area contributed by atoms with Gasteiger partial charge >= 0.3 is 0 Å². The van der Waals surface area contributed by atoms with E-state index in [9.17, 15) is 0 Å². The topological polar surface area (TPSA) is 187 Å². The number of hydrazine groups is 3. The molecule has 0 spiro atoms. The average molecular weight is 217 g/mol. The zero-order valence-corrected chi connectivity index (χ0v) is 8.13. The zero-order chi connectivity index (χ0) is 11.7. The van der Waals surface area contributed by atoms with Gasteiger partial charge in [0.1, 0.15) is 0 Å². The fourth-order valence-electron chi connectivity index (χ4n) is 0.448. The zero-order valence-electron chi connectivity index (χ0n) is 8.13. The van der Waals surface area contributed by atoms with Crippen LogP contribution in [0.2, 0.25) is 0 Å². The minimum absolute atomic E-state index is 0.0364. The predicted molar refractivity (Wildman–Crippen MR) is 56.8 cm³/mol. The Balaban J connectivity index is 3.98. The monoisotopic (exact) mass is 217 g/mol. The molecule has 15 heavy (non-hydrogen) atoms. The summed E-state index contributed by atoms with van der Waals surface area (Å²) in [5.41, 5.74) is 22.3. The third-order valence-electron chi connectivity index (χ3n) is 0.978. The number of hydrogen-bond acceptors (Lipinski definition) is 5. The maximum absolute atomic E-state index is 7.01. The van der Waals surface area contributed by atoms with Crippen LogP contribution in [0.25, 0.3) is 0 Å². The van der Waals surface area contributed by atoms with Gasteiger partial charge in [-0.1, -0.05) is 0 Å². The minimum Gasteiger partial charge on any atom is -0.367 e. The van der Waals surface area contributed by atoms with Crippen molar-refractivity contribution in [2.75, 3.05) is 7.05 Å².